The van der Waals surface area contributed by atoms with Crippen LogP contribution in [0.25, 0.3) is 0 Å². The highest BCUT2D eigenvalue weighted by Crippen LogP contribution is 2.20. The average Bonchev–Trinajstić information content (AvgIpc) is 2.55. The summed E-state index contributed by atoms with van der Waals surface area (Å²) in [6.45, 7) is 3.86. The first kappa shape index (κ1) is 16.6. The zero-order valence-corrected chi connectivity index (χ0v) is 14.2. The third kappa shape index (κ3) is 3.99. The van der Waals surface area contributed by atoms with Gasteiger partial charge in [-0.1, -0.05) is 0 Å². The topological polar surface area (TPSA) is 104 Å². The first-order chi connectivity index (χ1) is 11.4. The van der Waals surface area contributed by atoms with E-state index >= 15 is 0 Å². The van der Waals surface area contributed by atoms with Crippen LogP contribution >= 0.6 is 0 Å². The number of nitrogens with one attached hydrogen (secondary N) is 1. The standard InChI is InChI=1S/C15H20N6O2S/c1-20-6-8-21(9-7-20)15-10-14(17-11-18-15)19-12-2-4-13(5-3-12)24(16,22)23/h2-5,10-11H,6-9H2,1H3,(H2,16,22,23)(H,17,18,19). The van der Waals surface area contributed by atoms with Gasteiger partial charge in [0.05, 0.1) is 4.90 Å². The molecule has 1 saturated heterocycles. The maximum absolute atomic E-state index is 11.3. The molecule has 128 valence electrons. The van der Waals surface area contributed by atoms with Gasteiger partial charge >= 0.3 is 0 Å². The number of hydrogen-bond donors (Lipinski definition) is 2. The minimum atomic E-state index is -3.68. The van der Waals surface area contributed by atoms with Gasteiger partial charge in [-0.3, -0.25) is 0 Å². The second-order valence-corrected chi connectivity index (χ2v) is 7.31. The van der Waals surface area contributed by atoms with E-state index in [4.69, 9.17) is 5.14 Å². The summed E-state index contributed by atoms with van der Waals surface area (Å²) in [4.78, 5) is 13.1. The zero-order valence-electron chi connectivity index (χ0n) is 13.4. The summed E-state index contributed by atoms with van der Waals surface area (Å²) in [5.74, 6) is 1.53. The molecule has 9 heteroatoms. The molecule has 0 amide bonds. The Morgan fingerprint density at radius 3 is 2.38 bits per heavy atom. The van der Waals surface area contributed by atoms with Crippen LogP contribution in [0.15, 0.2) is 41.6 Å². The highest BCUT2D eigenvalue weighted by molar-refractivity contribution is 7.89. The molecule has 1 aliphatic rings. The molecule has 0 radical (unpaired) electrons. The van der Waals surface area contributed by atoms with Crippen molar-refractivity contribution in [1.82, 2.24) is 14.9 Å². The fourth-order valence-electron chi connectivity index (χ4n) is 2.50. The van der Waals surface area contributed by atoms with Crippen molar-refractivity contribution in [3.8, 4) is 0 Å². The number of piperazine rings is 1. The van der Waals surface area contributed by atoms with E-state index in [2.05, 4.69) is 32.1 Å². The molecule has 8 nitrogen and oxygen atoms in total. The van der Waals surface area contributed by atoms with E-state index in [0.717, 1.165) is 37.7 Å². The number of primary sulfonamides is 1. The summed E-state index contributed by atoms with van der Waals surface area (Å²) >= 11 is 0. The summed E-state index contributed by atoms with van der Waals surface area (Å²) in [6.07, 6.45) is 1.52. The summed E-state index contributed by atoms with van der Waals surface area (Å²) < 4.78 is 22.5. The fourth-order valence-corrected chi connectivity index (χ4v) is 3.02. The van der Waals surface area contributed by atoms with E-state index in [0.29, 0.717) is 5.82 Å². The van der Waals surface area contributed by atoms with Crippen molar-refractivity contribution in [3.05, 3.63) is 36.7 Å². The van der Waals surface area contributed by atoms with Gasteiger partial charge in [0, 0.05) is 37.9 Å². The van der Waals surface area contributed by atoms with Gasteiger partial charge in [0.2, 0.25) is 10.0 Å². The molecule has 3 N–H and O–H groups in total. The van der Waals surface area contributed by atoms with E-state index in [1.165, 1.54) is 18.5 Å². The maximum atomic E-state index is 11.3. The molecule has 0 aliphatic carbocycles. The minimum Gasteiger partial charge on any atom is -0.354 e. The van der Waals surface area contributed by atoms with Crippen LogP contribution in [-0.4, -0.2) is 56.5 Å². The van der Waals surface area contributed by atoms with Gasteiger partial charge in [0.25, 0.3) is 0 Å². The van der Waals surface area contributed by atoms with Gasteiger partial charge in [-0.25, -0.2) is 23.5 Å². The van der Waals surface area contributed by atoms with Crippen molar-refractivity contribution in [1.29, 1.82) is 0 Å². The quantitative estimate of drug-likeness (QED) is 0.834. The van der Waals surface area contributed by atoms with E-state index in [1.54, 1.807) is 12.1 Å². The van der Waals surface area contributed by atoms with Gasteiger partial charge in [0.1, 0.15) is 18.0 Å². The molecule has 0 atom stereocenters. The lowest BCUT2D eigenvalue weighted by atomic mass is 10.3. The van der Waals surface area contributed by atoms with E-state index in [9.17, 15) is 8.42 Å². The largest absolute Gasteiger partial charge is 0.354 e. The number of sulfonamides is 1. The summed E-state index contributed by atoms with van der Waals surface area (Å²) in [7, 11) is -1.58. The molecule has 1 aromatic heterocycles. The molecule has 1 aliphatic heterocycles. The number of benzene rings is 1. The Kier molecular flexibility index (Phi) is 4.65. The van der Waals surface area contributed by atoms with Gasteiger partial charge in [-0.2, -0.15) is 0 Å². The van der Waals surface area contributed by atoms with Crippen LogP contribution in [0.3, 0.4) is 0 Å². The Hall–Kier alpha value is -2.23. The molecule has 2 aromatic rings. The normalized spacial score (nSPS) is 16.2. The van der Waals surface area contributed by atoms with Crippen LogP contribution in [0.4, 0.5) is 17.3 Å². The van der Waals surface area contributed by atoms with Crippen LogP contribution in [0.5, 0.6) is 0 Å². The van der Waals surface area contributed by atoms with Crippen LogP contribution < -0.4 is 15.4 Å². The lowest BCUT2D eigenvalue weighted by molar-refractivity contribution is 0.312. The monoisotopic (exact) mass is 348 g/mol. The third-order valence-electron chi connectivity index (χ3n) is 3.94. The Bertz CT molecular complexity index is 801. The number of anilines is 3. The van der Waals surface area contributed by atoms with E-state index in [1.807, 2.05) is 6.07 Å². The lowest BCUT2D eigenvalue weighted by Crippen LogP contribution is -2.44. The summed E-state index contributed by atoms with van der Waals surface area (Å²) in [5, 5.41) is 8.24. The van der Waals surface area contributed by atoms with Crippen LogP contribution in [0.1, 0.15) is 0 Å². The van der Waals surface area contributed by atoms with Gasteiger partial charge in [-0.05, 0) is 31.3 Å². The molecule has 24 heavy (non-hydrogen) atoms. The Morgan fingerprint density at radius 1 is 1.08 bits per heavy atom. The van der Waals surface area contributed by atoms with Gasteiger partial charge < -0.3 is 15.1 Å². The Morgan fingerprint density at radius 2 is 1.75 bits per heavy atom. The summed E-state index contributed by atoms with van der Waals surface area (Å²) in [6, 6.07) is 8.11. The second-order valence-electron chi connectivity index (χ2n) is 5.75. The van der Waals surface area contributed by atoms with Crippen molar-refractivity contribution in [2.45, 2.75) is 4.90 Å². The van der Waals surface area contributed by atoms with Crippen molar-refractivity contribution >= 4 is 27.3 Å². The van der Waals surface area contributed by atoms with E-state index < -0.39 is 10.0 Å². The SMILES string of the molecule is CN1CCN(c2cc(Nc3ccc(S(N)(=O)=O)cc3)ncn2)CC1. The van der Waals surface area contributed by atoms with E-state index in [-0.39, 0.29) is 4.90 Å². The highest BCUT2D eigenvalue weighted by Gasteiger charge is 2.15. The molecular weight excluding hydrogens is 328 g/mol. The second kappa shape index (κ2) is 6.71. The predicted molar refractivity (Wildman–Crippen MR) is 92.8 cm³/mol. The molecule has 1 fully saturated rings. The lowest BCUT2D eigenvalue weighted by Gasteiger charge is -2.33. The fraction of sp³-hybridized carbons (Fsp3) is 0.333. The van der Waals surface area contributed by atoms with Gasteiger partial charge in [-0.15, -0.1) is 0 Å². The number of nitrogens with zero attached hydrogens (tertiary/aromatic N) is 4. The first-order valence-corrected chi connectivity index (χ1v) is 9.12. The van der Waals surface area contributed by atoms with Crippen molar-refractivity contribution < 1.29 is 8.42 Å². The number of hydrogen-bond acceptors (Lipinski definition) is 7. The number of likely N-dealkylation sites (N-methyl/N-ethyl adjacent to an activating group) is 1. The molecule has 2 heterocycles. The number of nitrogens with two attached hydrogens (primary N) is 1. The predicted octanol–water partition coefficient (Wildman–Crippen LogP) is 0.619. The average molecular weight is 348 g/mol. The molecular formula is C15H20N6O2S. The number of rotatable bonds is 4. The molecule has 3 rings (SSSR count). The smallest absolute Gasteiger partial charge is 0.238 e. The van der Waals surface area contributed by atoms with Gasteiger partial charge in [0.15, 0.2) is 0 Å². The van der Waals surface area contributed by atoms with Crippen molar-refractivity contribution in [2.75, 3.05) is 43.4 Å². The number of aromatic nitrogens is 2. The van der Waals surface area contributed by atoms with Crippen molar-refractivity contribution in [3.63, 3.8) is 0 Å². The van der Waals surface area contributed by atoms with Crippen LogP contribution in [0, 0.1) is 0 Å². The highest BCUT2D eigenvalue weighted by atomic mass is 32.2. The minimum absolute atomic E-state index is 0.0777. The Balaban J connectivity index is 1.73. The molecule has 0 unspecified atom stereocenters. The summed E-state index contributed by atoms with van der Waals surface area (Å²) in [5.41, 5.74) is 0.727. The third-order valence-corrected chi connectivity index (χ3v) is 4.86. The first-order valence-electron chi connectivity index (χ1n) is 7.57. The molecule has 0 saturated carbocycles. The zero-order chi connectivity index (χ0) is 17.2. The molecule has 0 spiro atoms. The van der Waals surface area contributed by atoms with Crippen molar-refractivity contribution in [2.24, 2.45) is 5.14 Å². The maximum Gasteiger partial charge on any atom is 0.238 e. The molecule has 1 aromatic carbocycles. The van der Waals surface area contributed by atoms with Crippen LogP contribution in [-0.2, 0) is 10.0 Å². The Labute approximate surface area is 141 Å². The van der Waals surface area contributed by atoms with Crippen LogP contribution in [0.2, 0.25) is 0 Å². The molecule has 0 bridgehead atoms.